The highest BCUT2D eigenvalue weighted by Gasteiger charge is 2.28. The maximum atomic E-state index is 6.20. The van der Waals surface area contributed by atoms with Crippen LogP contribution in [0.3, 0.4) is 0 Å². The van der Waals surface area contributed by atoms with Gasteiger partial charge in [-0.25, -0.2) is 0 Å². The molecule has 4 unspecified atom stereocenters. The van der Waals surface area contributed by atoms with E-state index in [2.05, 4.69) is 19.2 Å². The smallest absolute Gasteiger partial charge is 0.0627 e. The molecule has 1 saturated heterocycles. The van der Waals surface area contributed by atoms with E-state index in [-0.39, 0.29) is 0 Å². The second-order valence-electron chi connectivity index (χ2n) is 5.92. The maximum Gasteiger partial charge on any atom is 0.0627 e. The van der Waals surface area contributed by atoms with Crippen LogP contribution in [0.2, 0.25) is 0 Å². The number of hydrogen-bond acceptors (Lipinski definition) is 3. The van der Waals surface area contributed by atoms with Crippen molar-refractivity contribution in [3.8, 4) is 0 Å². The lowest BCUT2D eigenvalue weighted by atomic mass is 9.88. The first-order chi connectivity index (χ1) is 8.81. The minimum Gasteiger partial charge on any atom is -0.381 e. The third kappa shape index (κ3) is 3.94. The molecule has 1 saturated carbocycles. The first-order valence-electron chi connectivity index (χ1n) is 7.74. The third-order valence-corrected chi connectivity index (χ3v) is 4.52. The molecule has 18 heavy (non-hydrogen) atoms. The SMILES string of the molecule is CCNC(COC1CCCCC1C)C1CCOC1. The van der Waals surface area contributed by atoms with E-state index in [1.165, 1.54) is 32.1 Å². The fraction of sp³-hybridized carbons (Fsp3) is 1.00. The standard InChI is InChI=1S/C15H29NO2/c1-3-16-14(13-8-9-17-10-13)11-18-15-7-5-4-6-12(15)2/h12-16H,3-11H2,1-2H3. The molecule has 0 radical (unpaired) electrons. The summed E-state index contributed by atoms with van der Waals surface area (Å²) in [6.07, 6.45) is 6.98. The Labute approximate surface area is 112 Å². The molecule has 2 fully saturated rings. The molecule has 0 bridgehead atoms. The van der Waals surface area contributed by atoms with Crippen molar-refractivity contribution in [3.05, 3.63) is 0 Å². The van der Waals surface area contributed by atoms with Gasteiger partial charge in [-0.1, -0.05) is 26.7 Å². The van der Waals surface area contributed by atoms with Gasteiger partial charge in [-0.2, -0.15) is 0 Å². The van der Waals surface area contributed by atoms with Gasteiger partial charge in [0.15, 0.2) is 0 Å². The van der Waals surface area contributed by atoms with E-state index < -0.39 is 0 Å². The minimum absolute atomic E-state index is 0.478. The van der Waals surface area contributed by atoms with Crippen molar-refractivity contribution in [2.45, 2.75) is 58.1 Å². The van der Waals surface area contributed by atoms with Crippen molar-refractivity contribution in [1.29, 1.82) is 0 Å². The zero-order chi connectivity index (χ0) is 12.8. The molecule has 0 spiro atoms. The summed E-state index contributed by atoms with van der Waals surface area (Å²) >= 11 is 0. The van der Waals surface area contributed by atoms with E-state index in [9.17, 15) is 0 Å². The Hall–Kier alpha value is -0.120. The summed E-state index contributed by atoms with van der Waals surface area (Å²) in [5.41, 5.74) is 0. The van der Waals surface area contributed by atoms with Crippen LogP contribution in [0.5, 0.6) is 0 Å². The molecule has 0 aromatic rings. The summed E-state index contributed by atoms with van der Waals surface area (Å²) < 4.78 is 11.7. The van der Waals surface area contributed by atoms with E-state index >= 15 is 0 Å². The van der Waals surface area contributed by atoms with Crippen LogP contribution in [0.25, 0.3) is 0 Å². The van der Waals surface area contributed by atoms with E-state index in [0.29, 0.717) is 18.1 Å². The highest BCUT2D eigenvalue weighted by molar-refractivity contribution is 4.80. The summed E-state index contributed by atoms with van der Waals surface area (Å²) in [5, 5.41) is 3.57. The van der Waals surface area contributed by atoms with Crippen LogP contribution in [-0.2, 0) is 9.47 Å². The van der Waals surface area contributed by atoms with Crippen molar-refractivity contribution in [1.82, 2.24) is 5.32 Å². The van der Waals surface area contributed by atoms with Crippen LogP contribution < -0.4 is 5.32 Å². The molecular formula is C15H29NO2. The molecular weight excluding hydrogens is 226 g/mol. The van der Waals surface area contributed by atoms with Gasteiger partial charge in [0.2, 0.25) is 0 Å². The Bertz CT molecular complexity index is 229. The van der Waals surface area contributed by atoms with Gasteiger partial charge in [0, 0.05) is 18.6 Å². The van der Waals surface area contributed by atoms with Crippen LogP contribution >= 0.6 is 0 Å². The molecule has 106 valence electrons. The number of hydrogen-bond donors (Lipinski definition) is 1. The minimum atomic E-state index is 0.478. The first-order valence-corrected chi connectivity index (χ1v) is 7.74. The lowest BCUT2D eigenvalue weighted by Gasteiger charge is -2.31. The number of nitrogens with one attached hydrogen (secondary N) is 1. The predicted molar refractivity (Wildman–Crippen MR) is 73.8 cm³/mol. The van der Waals surface area contributed by atoms with Gasteiger partial charge in [-0.05, 0) is 31.7 Å². The Balaban J connectivity index is 1.77. The van der Waals surface area contributed by atoms with Gasteiger partial charge in [0.1, 0.15) is 0 Å². The average molecular weight is 255 g/mol. The molecule has 1 N–H and O–H groups in total. The Morgan fingerprint density at radius 1 is 1.28 bits per heavy atom. The number of ether oxygens (including phenoxy) is 2. The van der Waals surface area contributed by atoms with Crippen LogP contribution in [0.4, 0.5) is 0 Å². The molecule has 0 amide bonds. The van der Waals surface area contributed by atoms with Crippen LogP contribution in [0.15, 0.2) is 0 Å². The fourth-order valence-corrected chi connectivity index (χ4v) is 3.25. The summed E-state index contributed by atoms with van der Waals surface area (Å²) in [7, 11) is 0. The highest BCUT2D eigenvalue weighted by atomic mass is 16.5. The van der Waals surface area contributed by atoms with E-state index in [0.717, 1.165) is 32.3 Å². The Morgan fingerprint density at radius 2 is 2.11 bits per heavy atom. The molecule has 3 heteroatoms. The summed E-state index contributed by atoms with van der Waals surface area (Å²) in [4.78, 5) is 0. The third-order valence-electron chi connectivity index (χ3n) is 4.52. The van der Waals surface area contributed by atoms with Crippen molar-refractivity contribution in [2.75, 3.05) is 26.4 Å². The van der Waals surface area contributed by atoms with E-state index in [1.807, 2.05) is 0 Å². The zero-order valence-corrected chi connectivity index (χ0v) is 12.0. The lowest BCUT2D eigenvalue weighted by molar-refractivity contribution is -0.0221. The van der Waals surface area contributed by atoms with Crippen molar-refractivity contribution >= 4 is 0 Å². The van der Waals surface area contributed by atoms with Crippen molar-refractivity contribution in [2.24, 2.45) is 11.8 Å². The van der Waals surface area contributed by atoms with Crippen LogP contribution in [-0.4, -0.2) is 38.5 Å². The molecule has 0 aromatic heterocycles. The molecule has 2 aliphatic rings. The Morgan fingerprint density at radius 3 is 2.78 bits per heavy atom. The molecule has 1 heterocycles. The second kappa shape index (κ2) is 7.46. The highest BCUT2D eigenvalue weighted by Crippen LogP contribution is 2.27. The van der Waals surface area contributed by atoms with Gasteiger partial charge in [0.25, 0.3) is 0 Å². The zero-order valence-electron chi connectivity index (χ0n) is 12.0. The van der Waals surface area contributed by atoms with Crippen molar-refractivity contribution < 1.29 is 9.47 Å². The average Bonchev–Trinajstić information content (AvgIpc) is 2.90. The van der Waals surface area contributed by atoms with Crippen LogP contribution in [0.1, 0.15) is 46.0 Å². The Kier molecular flexibility index (Phi) is 5.93. The molecule has 4 atom stereocenters. The molecule has 1 aliphatic heterocycles. The predicted octanol–water partition coefficient (Wildman–Crippen LogP) is 2.60. The summed E-state index contributed by atoms with van der Waals surface area (Å²) in [6.45, 7) is 8.21. The topological polar surface area (TPSA) is 30.5 Å². The summed E-state index contributed by atoms with van der Waals surface area (Å²) in [6, 6.07) is 0.478. The number of likely N-dealkylation sites (N-methyl/N-ethyl adjacent to an activating group) is 1. The van der Waals surface area contributed by atoms with E-state index in [1.54, 1.807) is 0 Å². The maximum absolute atomic E-state index is 6.20. The first kappa shape index (κ1) is 14.3. The fourth-order valence-electron chi connectivity index (χ4n) is 3.25. The van der Waals surface area contributed by atoms with Gasteiger partial charge >= 0.3 is 0 Å². The van der Waals surface area contributed by atoms with Gasteiger partial charge < -0.3 is 14.8 Å². The van der Waals surface area contributed by atoms with Gasteiger partial charge in [0.05, 0.1) is 19.3 Å². The van der Waals surface area contributed by atoms with Crippen LogP contribution in [0, 0.1) is 11.8 Å². The van der Waals surface area contributed by atoms with Gasteiger partial charge in [-0.15, -0.1) is 0 Å². The summed E-state index contributed by atoms with van der Waals surface area (Å²) in [5.74, 6) is 1.38. The lowest BCUT2D eigenvalue weighted by Crippen LogP contribution is -2.42. The number of rotatable bonds is 6. The van der Waals surface area contributed by atoms with Gasteiger partial charge in [-0.3, -0.25) is 0 Å². The van der Waals surface area contributed by atoms with Crippen molar-refractivity contribution in [3.63, 3.8) is 0 Å². The quantitative estimate of drug-likeness (QED) is 0.791. The molecule has 0 aromatic carbocycles. The normalized spacial score (nSPS) is 34.7. The molecule has 3 nitrogen and oxygen atoms in total. The molecule has 1 aliphatic carbocycles. The largest absolute Gasteiger partial charge is 0.381 e. The molecule has 2 rings (SSSR count). The monoisotopic (exact) mass is 255 g/mol. The van der Waals surface area contributed by atoms with E-state index in [4.69, 9.17) is 9.47 Å². The second-order valence-corrected chi connectivity index (χ2v) is 5.92.